The monoisotopic (exact) mass is 292 g/mol. The van der Waals surface area contributed by atoms with Gasteiger partial charge in [0.1, 0.15) is 6.33 Å². The fourth-order valence-corrected chi connectivity index (χ4v) is 3.14. The van der Waals surface area contributed by atoms with Crippen LogP contribution in [0.2, 0.25) is 0 Å². The third-order valence-corrected chi connectivity index (χ3v) is 4.42. The van der Waals surface area contributed by atoms with Crippen molar-refractivity contribution in [1.29, 1.82) is 0 Å². The van der Waals surface area contributed by atoms with E-state index in [0.717, 1.165) is 24.3 Å². The second-order valence-corrected chi connectivity index (χ2v) is 5.91. The number of hydrogen-bond acceptors (Lipinski definition) is 3. The Kier molecular flexibility index (Phi) is 3.67. The van der Waals surface area contributed by atoms with Gasteiger partial charge in [-0.3, -0.25) is 18.5 Å². The first-order valence-electron chi connectivity index (χ1n) is 7.54. The van der Waals surface area contributed by atoms with Gasteiger partial charge in [-0.2, -0.15) is 0 Å². The Morgan fingerprint density at radius 3 is 2.43 bits per heavy atom. The highest BCUT2D eigenvalue weighted by atomic mass is 16.2. The van der Waals surface area contributed by atoms with Gasteiger partial charge in [-0.15, -0.1) is 0 Å². The SMILES string of the molecule is Cn1c(=O)c2c(ncn2C[NH+]2CCCCCC2)n(C)c1=O. The van der Waals surface area contributed by atoms with Gasteiger partial charge < -0.3 is 4.90 Å². The van der Waals surface area contributed by atoms with Crippen LogP contribution < -0.4 is 16.1 Å². The van der Waals surface area contributed by atoms with E-state index in [2.05, 4.69) is 4.98 Å². The average Bonchev–Trinajstić information content (AvgIpc) is 2.71. The topological polar surface area (TPSA) is 66.3 Å². The first-order chi connectivity index (χ1) is 10.1. The summed E-state index contributed by atoms with van der Waals surface area (Å²) >= 11 is 0. The third-order valence-electron chi connectivity index (χ3n) is 4.42. The minimum atomic E-state index is -0.333. The summed E-state index contributed by atoms with van der Waals surface area (Å²) in [6.07, 6.45) is 6.75. The highest BCUT2D eigenvalue weighted by Gasteiger charge is 2.18. The molecule has 2 aromatic rings. The van der Waals surface area contributed by atoms with Crippen molar-refractivity contribution in [3.05, 3.63) is 27.2 Å². The summed E-state index contributed by atoms with van der Waals surface area (Å²) in [7, 11) is 3.17. The van der Waals surface area contributed by atoms with Gasteiger partial charge in [0.15, 0.2) is 17.8 Å². The Balaban J connectivity index is 2.04. The lowest BCUT2D eigenvalue weighted by Crippen LogP contribution is -3.11. The maximum absolute atomic E-state index is 12.4. The lowest BCUT2D eigenvalue weighted by Gasteiger charge is -2.17. The minimum absolute atomic E-state index is 0.264. The Morgan fingerprint density at radius 1 is 1.10 bits per heavy atom. The van der Waals surface area contributed by atoms with E-state index in [-0.39, 0.29) is 11.2 Å². The Labute approximate surface area is 122 Å². The Bertz CT molecular complexity index is 762. The van der Waals surface area contributed by atoms with Gasteiger partial charge in [0.2, 0.25) is 0 Å². The van der Waals surface area contributed by atoms with Crippen LogP contribution in [0.3, 0.4) is 0 Å². The predicted molar refractivity (Wildman–Crippen MR) is 79.4 cm³/mol. The molecule has 7 nitrogen and oxygen atoms in total. The number of hydrogen-bond donors (Lipinski definition) is 1. The number of imidazole rings is 1. The zero-order chi connectivity index (χ0) is 15.0. The van der Waals surface area contributed by atoms with Crippen molar-refractivity contribution < 1.29 is 4.90 Å². The van der Waals surface area contributed by atoms with Crippen molar-refractivity contribution in [2.45, 2.75) is 32.4 Å². The predicted octanol–water partition coefficient (Wildman–Crippen LogP) is -1.15. The van der Waals surface area contributed by atoms with Crippen molar-refractivity contribution >= 4 is 11.2 Å². The van der Waals surface area contributed by atoms with Gasteiger partial charge in [0.05, 0.1) is 13.1 Å². The van der Waals surface area contributed by atoms with Crippen molar-refractivity contribution in [1.82, 2.24) is 18.7 Å². The smallest absolute Gasteiger partial charge is 0.318 e. The summed E-state index contributed by atoms with van der Waals surface area (Å²) in [5.41, 5.74) is 0.397. The van der Waals surface area contributed by atoms with Crippen LogP contribution in [-0.2, 0) is 20.8 Å². The van der Waals surface area contributed by atoms with Crippen molar-refractivity contribution in [3.8, 4) is 0 Å². The molecular formula is C14H22N5O2+. The highest BCUT2D eigenvalue weighted by molar-refractivity contribution is 5.69. The van der Waals surface area contributed by atoms with Gasteiger partial charge in [-0.1, -0.05) is 0 Å². The van der Waals surface area contributed by atoms with Crippen LogP contribution in [0.5, 0.6) is 0 Å². The largest absolute Gasteiger partial charge is 0.332 e. The van der Waals surface area contributed by atoms with E-state index in [1.165, 1.54) is 42.2 Å². The molecule has 1 aliphatic rings. The van der Waals surface area contributed by atoms with E-state index in [4.69, 9.17) is 0 Å². The molecule has 1 N–H and O–H groups in total. The van der Waals surface area contributed by atoms with E-state index in [1.54, 1.807) is 13.4 Å². The maximum atomic E-state index is 12.4. The molecule has 1 saturated heterocycles. The minimum Gasteiger partial charge on any atom is -0.318 e. The Morgan fingerprint density at radius 2 is 1.76 bits per heavy atom. The molecule has 0 aromatic carbocycles. The summed E-state index contributed by atoms with van der Waals surface area (Å²) in [4.78, 5) is 30.0. The molecule has 1 aliphatic heterocycles. The van der Waals surface area contributed by atoms with Crippen molar-refractivity contribution in [2.24, 2.45) is 14.1 Å². The number of quaternary nitrogens is 1. The summed E-state index contributed by atoms with van der Waals surface area (Å²) in [6, 6.07) is 0. The van der Waals surface area contributed by atoms with Gasteiger partial charge in [-0.25, -0.2) is 9.78 Å². The fraction of sp³-hybridized carbons (Fsp3) is 0.643. The molecule has 7 heteroatoms. The molecule has 0 aliphatic carbocycles. The number of rotatable bonds is 2. The molecule has 0 saturated carbocycles. The number of aromatic nitrogens is 4. The molecule has 0 amide bonds. The van der Waals surface area contributed by atoms with E-state index < -0.39 is 0 Å². The van der Waals surface area contributed by atoms with E-state index >= 15 is 0 Å². The number of nitrogens with one attached hydrogen (secondary N) is 1. The molecule has 0 atom stereocenters. The van der Waals surface area contributed by atoms with Crippen LogP contribution >= 0.6 is 0 Å². The van der Waals surface area contributed by atoms with Crippen LogP contribution in [-0.4, -0.2) is 31.8 Å². The second kappa shape index (κ2) is 5.48. The zero-order valence-electron chi connectivity index (χ0n) is 12.6. The molecule has 114 valence electrons. The third kappa shape index (κ3) is 2.42. The first-order valence-corrected chi connectivity index (χ1v) is 7.54. The van der Waals surface area contributed by atoms with Crippen molar-refractivity contribution in [2.75, 3.05) is 13.1 Å². The standard InChI is InChI=1S/C14H21N5O2/c1-16-12-11(13(20)17(2)14(16)21)19(9-15-12)10-18-7-5-3-4-6-8-18/h9H,3-8,10H2,1-2H3/p+1. The van der Waals surface area contributed by atoms with E-state index in [0.29, 0.717) is 11.2 Å². The highest BCUT2D eigenvalue weighted by Crippen LogP contribution is 2.04. The normalized spacial score (nSPS) is 17.2. The lowest BCUT2D eigenvalue weighted by atomic mass is 10.2. The molecule has 0 spiro atoms. The number of likely N-dealkylation sites (tertiary alicyclic amines) is 1. The maximum Gasteiger partial charge on any atom is 0.332 e. The van der Waals surface area contributed by atoms with Crippen LogP contribution in [0.25, 0.3) is 11.2 Å². The summed E-state index contributed by atoms with van der Waals surface area (Å²) in [5, 5.41) is 0. The second-order valence-electron chi connectivity index (χ2n) is 5.91. The van der Waals surface area contributed by atoms with Gasteiger partial charge in [0.25, 0.3) is 5.56 Å². The molecule has 0 radical (unpaired) electrons. The Hall–Kier alpha value is -1.89. The van der Waals surface area contributed by atoms with Gasteiger partial charge >= 0.3 is 5.69 Å². The molecule has 0 bridgehead atoms. The van der Waals surface area contributed by atoms with Crippen molar-refractivity contribution in [3.63, 3.8) is 0 Å². The molecule has 21 heavy (non-hydrogen) atoms. The quantitative estimate of drug-likeness (QED) is 0.760. The zero-order valence-corrected chi connectivity index (χ0v) is 12.6. The van der Waals surface area contributed by atoms with Crippen LogP contribution in [0.15, 0.2) is 15.9 Å². The lowest BCUT2D eigenvalue weighted by molar-refractivity contribution is -0.921. The fourth-order valence-electron chi connectivity index (χ4n) is 3.14. The molecule has 1 fully saturated rings. The molecule has 2 aromatic heterocycles. The summed E-state index contributed by atoms with van der Waals surface area (Å²) in [5.74, 6) is 0. The van der Waals surface area contributed by atoms with Crippen LogP contribution in [0.4, 0.5) is 0 Å². The summed E-state index contributed by atoms with van der Waals surface area (Å²) < 4.78 is 4.49. The van der Waals surface area contributed by atoms with E-state index in [9.17, 15) is 9.59 Å². The number of aryl methyl sites for hydroxylation is 1. The molecule has 3 rings (SSSR count). The molecule has 0 unspecified atom stereocenters. The average molecular weight is 292 g/mol. The summed E-state index contributed by atoms with van der Waals surface area (Å²) in [6.45, 7) is 3.00. The number of nitrogens with zero attached hydrogens (tertiary/aromatic N) is 4. The van der Waals surface area contributed by atoms with Gasteiger partial charge in [-0.05, 0) is 25.7 Å². The van der Waals surface area contributed by atoms with Crippen LogP contribution in [0.1, 0.15) is 25.7 Å². The first kappa shape index (κ1) is 14.1. The van der Waals surface area contributed by atoms with Crippen LogP contribution in [0, 0.1) is 0 Å². The number of fused-ring (bicyclic) bond motifs is 1. The van der Waals surface area contributed by atoms with Gasteiger partial charge in [0, 0.05) is 14.1 Å². The van der Waals surface area contributed by atoms with E-state index in [1.807, 2.05) is 4.57 Å². The molecule has 3 heterocycles. The molecular weight excluding hydrogens is 270 g/mol.